The summed E-state index contributed by atoms with van der Waals surface area (Å²) in [6.45, 7) is 3.11. The number of fused-ring (bicyclic) bond motifs is 1. The molecule has 2 aromatic heterocycles. The first kappa shape index (κ1) is 15.0. The van der Waals surface area contributed by atoms with E-state index in [1.165, 1.54) is 5.56 Å². The third-order valence-corrected chi connectivity index (χ3v) is 4.55. The highest BCUT2D eigenvalue weighted by Gasteiger charge is 2.30. The molecule has 0 fully saturated rings. The summed E-state index contributed by atoms with van der Waals surface area (Å²) in [5.74, 6) is 0.917. The molecule has 24 heavy (non-hydrogen) atoms. The van der Waals surface area contributed by atoms with E-state index in [2.05, 4.69) is 31.2 Å². The fraction of sp³-hybridized carbons (Fsp3) is 0.222. The molecule has 0 unspecified atom stereocenters. The molecule has 1 aromatic carbocycles. The first-order valence-electron chi connectivity index (χ1n) is 7.82. The van der Waals surface area contributed by atoms with E-state index in [0.717, 1.165) is 22.8 Å². The van der Waals surface area contributed by atoms with Gasteiger partial charge in [0, 0.05) is 18.0 Å². The number of benzene rings is 1. The molecule has 1 amide bonds. The molecular formula is C18H17ClN4O. The average Bonchev–Trinajstić information content (AvgIpc) is 3.29. The Morgan fingerprint density at radius 2 is 1.88 bits per heavy atom. The van der Waals surface area contributed by atoms with Crippen molar-refractivity contribution in [1.82, 2.24) is 19.2 Å². The van der Waals surface area contributed by atoms with E-state index in [4.69, 9.17) is 16.7 Å². The van der Waals surface area contributed by atoms with Crippen LogP contribution in [0, 0.1) is 6.92 Å². The Kier molecular flexibility index (Phi) is 3.65. The third kappa shape index (κ3) is 2.41. The van der Waals surface area contributed by atoms with Crippen LogP contribution in [0.1, 0.15) is 16.8 Å². The van der Waals surface area contributed by atoms with Gasteiger partial charge in [-0.3, -0.25) is 4.79 Å². The number of hydrogen-bond acceptors (Lipinski definition) is 2. The highest BCUT2D eigenvalue weighted by Crippen LogP contribution is 2.30. The number of carbonyl (C=O) groups excluding carboxylic acids is 1. The molecule has 0 N–H and O–H groups in total. The van der Waals surface area contributed by atoms with Crippen LogP contribution >= 0.6 is 11.6 Å². The molecule has 0 radical (unpaired) electrons. The van der Waals surface area contributed by atoms with E-state index in [1.807, 2.05) is 33.8 Å². The number of hydrogen-bond donors (Lipinski definition) is 0. The summed E-state index contributed by atoms with van der Waals surface area (Å²) in [5, 5.41) is 4.77. The second-order valence-corrected chi connectivity index (χ2v) is 6.24. The maximum absolute atomic E-state index is 11.9. The van der Waals surface area contributed by atoms with Gasteiger partial charge in [0.05, 0.1) is 24.5 Å². The SMILES string of the molecule is Cc1ccc(-n2nc3c(c2-n2cccc2)CN(C(=O)CCl)C3)cc1. The van der Waals surface area contributed by atoms with Crippen LogP contribution in [0.15, 0.2) is 48.8 Å². The molecule has 0 saturated heterocycles. The standard InChI is InChI=1S/C18H17ClN4O/c1-13-4-6-14(7-5-13)23-18(21-8-2-3-9-21)15-11-22(17(24)10-19)12-16(15)20-23/h2-9H,10-12H2,1H3. The largest absolute Gasteiger partial charge is 0.331 e. The van der Waals surface area contributed by atoms with Gasteiger partial charge in [-0.05, 0) is 31.2 Å². The van der Waals surface area contributed by atoms with Gasteiger partial charge in [-0.2, -0.15) is 5.10 Å². The summed E-state index contributed by atoms with van der Waals surface area (Å²) in [7, 11) is 0. The second kappa shape index (κ2) is 5.83. The zero-order valence-electron chi connectivity index (χ0n) is 13.3. The highest BCUT2D eigenvalue weighted by atomic mass is 35.5. The lowest BCUT2D eigenvalue weighted by Crippen LogP contribution is -2.27. The minimum atomic E-state index is -0.0602. The van der Waals surface area contributed by atoms with Gasteiger partial charge in [0.15, 0.2) is 0 Å². The normalized spacial score (nSPS) is 13.3. The smallest absolute Gasteiger partial charge is 0.238 e. The Morgan fingerprint density at radius 1 is 1.17 bits per heavy atom. The van der Waals surface area contributed by atoms with E-state index in [-0.39, 0.29) is 11.8 Å². The van der Waals surface area contributed by atoms with Crippen molar-refractivity contribution in [2.45, 2.75) is 20.0 Å². The summed E-state index contributed by atoms with van der Waals surface area (Å²) < 4.78 is 3.99. The van der Waals surface area contributed by atoms with Gasteiger partial charge >= 0.3 is 0 Å². The van der Waals surface area contributed by atoms with E-state index in [0.29, 0.717) is 13.1 Å². The number of alkyl halides is 1. The van der Waals surface area contributed by atoms with Crippen LogP contribution in [-0.2, 0) is 17.9 Å². The van der Waals surface area contributed by atoms with Crippen molar-refractivity contribution < 1.29 is 4.79 Å². The minimum absolute atomic E-state index is 0.00108. The monoisotopic (exact) mass is 340 g/mol. The summed E-state index contributed by atoms with van der Waals surface area (Å²) in [6, 6.07) is 12.2. The quantitative estimate of drug-likeness (QED) is 0.688. The van der Waals surface area contributed by atoms with Gasteiger partial charge in [-0.15, -0.1) is 11.6 Å². The first-order valence-corrected chi connectivity index (χ1v) is 8.35. The van der Waals surface area contributed by atoms with E-state index >= 15 is 0 Å². The predicted octanol–water partition coefficient (Wildman–Crippen LogP) is 3.05. The molecule has 1 aliphatic heterocycles. The third-order valence-electron chi connectivity index (χ3n) is 4.32. The lowest BCUT2D eigenvalue weighted by molar-refractivity contribution is -0.129. The van der Waals surface area contributed by atoms with Crippen LogP contribution in [0.5, 0.6) is 0 Å². The first-order chi connectivity index (χ1) is 11.7. The maximum atomic E-state index is 11.9. The molecule has 0 spiro atoms. The lowest BCUT2D eigenvalue weighted by atomic mass is 10.2. The number of carbonyl (C=O) groups is 1. The number of aromatic nitrogens is 3. The van der Waals surface area contributed by atoms with Crippen LogP contribution in [-0.4, -0.2) is 31.0 Å². The number of aryl methyl sites for hydroxylation is 1. The maximum Gasteiger partial charge on any atom is 0.238 e. The number of nitrogens with zero attached hydrogens (tertiary/aromatic N) is 4. The Bertz CT molecular complexity index is 881. The molecule has 0 bridgehead atoms. The van der Waals surface area contributed by atoms with E-state index < -0.39 is 0 Å². The van der Waals surface area contributed by atoms with Gasteiger partial charge < -0.3 is 9.47 Å². The van der Waals surface area contributed by atoms with Crippen LogP contribution in [0.25, 0.3) is 11.5 Å². The predicted molar refractivity (Wildman–Crippen MR) is 92.6 cm³/mol. The number of rotatable bonds is 3. The Balaban J connectivity index is 1.83. The van der Waals surface area contributed by atoms with Crippen LogP contribution in [0.4, 0.5) is 0 Å². The molecule has 0 saturated carbocycles. The zero-order chi connectivity index (χ0) is 16.7. The van der Waals surface area contributed by atoms with Crippen molar-refractivity contribution in [3.63, 3.8) is 0 Å². The molecule has 0 atom stereocenters. The Morgan fingerprint density at radius 3 is 2.54 bits per heavy atom. The Hall–Kier alpha value is -2.53. The molecule has 4 rings (SSSR count). The molecule has 3 heterocycles. The fourth-order valence-corrected chi connectivity index (χ4v) is 3.24. The lowest BCUT2D eigenvalue weighted by Gasteiger charge is -2.16. The highest BCUT2D eigenvalue weighted by molar-refractivity contribution is 6.27. The molecule has 5 nitrogen and oxygen atoms in total. The van der Waals surface area contributed by atoms with Crippen molar-refractivity contribution in [2.75, 3.05) is 5.88 Å². The van der Waals surface area contributed by atoms with Crippen LogP contribution in [0.3, 0.4) is 0 Å². The topological polar surface area (TPSA) is 43.1 Å². The van der Waals surface area contributed by atoms with Crippen LogP contribution in [0.2, 0.25) is 0 Å². The van der Waals surface area contributed by atoms with E-state index in [1.54, 1.807) is 4.90 Å². The summed E-state index contributed by atoms with van der Waals surface area (Å²) >= 11 is 5.70. The van der Waals surface area contributed by atoms with E-state index in [9.17, 15) is 4.79 Å². The van der Waals surface area contributed by atoms with Gasteiger partial charge in [0.2, 0.25) is 5.91 Å². The molecule has 122 valence electrons. The minimum Gasteiger partial charge on any atom is -0.331 e. The van der Waals surface area contributed by atoms with Gasteiger partial charge in [-0.1, -0.05) is 17.7 Å². The summed E-state index contributed by atoms with van der Waals surface area (Å²) in [4.78, 5) is 13.7. The number of halogens is 1. The van der Waals surface area contributed by atoms with Gasteiger partial charge in [-0.25, -0.2) is 4.68 Å². The molecule has 3 aromatic rings. The molecular weight excluding hydrogens is 324 g/mol. The Labute approximate surface area is 145 Å². The summed E-state index contributed by atoms with van der Waals surface area (Å²) in [6.07, 6.45) is 3.99. The van der Waals surface area contributed by atoms with Gasteiger partial charge in [0.1, 0.15) is 11.7 Å². The van der Waals surface area contributed by atoms with Crippen molar-refractivity contribution in [3.05, 3.63) is 65.6 Å². The van der Waals surface area contributed by atoms with Crippen molar-refractivity contribution >= 4 is 17.5 Å². The molecule has 1 aliphatic rings. The zero-order valence-corrected chi connectivity index (χ0v) is 14.1. The summed E-state index contributed by atoms with van der Waals surface area (Å²) in [5.41, 5.74) is 4.22. The molecule has 6 heteroatoms. The van der Waals surface area contributed by atoms with Crippen molar-refractivity contribution in [1.29, 1.82) is 0 Å². The number of amides is 1. The van der Waals surface area contributed by atoms with Crippen LogP contribution < -0.4 is 0 Å². The molecule has 0 aliphatic carbocycles. The van der Waals surface area contributed by atoms with Gasteiger partial charge in [0.25, 0.3) is 0 Å². The van der Waals surface area contributed by atoms with Crippen molar-refractivity contribution in [2.24, 2.45) is 0 Å². The second-order valence-electron chi connectivity index (χ2n) is 5.97. The fourth-order valence-electron chi connectivity index (χ4n) is 3.07. The average molecular weight is 341 g/mol. The van der Waals surface area contributed by atoms with Crippen molar-refractivity contribution in [3.8, 4) is 11.5 Å².